The number of anilines is 1. The van der Waals surface area contributed by atoms with Crippen molar-refractivity contribution in [2.24, 2.45) is 5.92 Å². The lowest BCUT2D eigenvalue weighted by Crippen LogP contribution is -2.50. The first kappa shape index (κ1) is 31.4. The number of hydrogen-bond donors (Lipinski definition) is 2. The van der Waals surface area contributed by atoms with E-state index in [-0.39, 0.29) is 52.4 Å². The number of hydrogen-bond acceptors (Lipinski definition) is 7. The van der Waals surface area contributed by atoms with Crippen LogP contribution in [0.25, 0.3) is 0 Å². The van der Waals surface area contributed by atoms with Crippen molar-refractivity contribution in [3.63, 3.8) is 0 Å². The lowest BCUT2D eigenvalue weighted by Gasteiger charge is -2.38. The van der Waals surface area contributed by atoms with Gasteiger partial charge in [-0.1, -0.05) is 24.6 Å². The molecule has 0 aliphatic carbocycles. The van der Waals surface area contributed by atoms with Gasteiger partial charge in [-0.3, -0.25) is 9.52 Å². The molecular weight excluding hydrogens is 585 g/mol. The largest absolute Gasteiger partial charge is 0.488 e. The van der Waals surface area contributed by atoms with Gasteiger partial charge in [-0.15, -0.1) is 0 Å². The Labute approximate surface area is 245 Å². The number of sulfonamides is 2. The van der Waals surface area contributed by atoms with Crippen LogP contribution in [0, 0.1) is 18.7 Å². The topological polar surface area (TPSA) is 133 Å². The van der Waals surface area contributed by atoms with Crippen molar-refractivity contribution in [1.82, 2.24) is 9.21 Å². The first-order valence-electron chi connectivity index (χ1n) is 13.3. The van der Waals surface area contributed by atoms with Crippen molar-refractivity contribution in [2.75, 3.05) is 31.5 Å². The van der Waals surface area contributed by atoms with Gasteiger partial charge in [0, 0.05) is 25.2 Å². The lowest BCUT2D eigenvalue weighted by atomic mass is 9.99. The third-order valence-corrected chi connectivity index (χ3v) is 10.4. The van der Waals surface area contributed by atoms with Crippen LogP contribution in [0.4, 0.5) is 10.1 Å². The maximum Gasteiger partial charge on any atom is 0.261 e. The molecule has 3 aromatic carbocycles. The number of aliphatic hydroxyl groups is 1. The number of nitrogens with zero attached hydrogens (tertiary/aromatic N) is 2. The third kappa shape index (κ3) is 6.75. The smallest absolute Gasteiger partial charge is 0.261 e. The number of amides is 1. The van der Waals surface area contributed by atoms with Crippen molar-refractivity contribution in [1.29, 1.82) is 0 Å². The van der Waals surface area contributed by atoms with E-state index in [4.69, 9.17) is 4.74 Å². The molecule has 0 spiro atoms. The summed E-state index contributed by atoms with van der Waals surface area (Å²) < 4.78 is 75.5. The van der Waals surface area contributed by atoms with E-state index in [2.05, 4.69) is 4.72 Å². The molecule has 0 saturated carbocycles. The number of ether oxygens (including phenoxy) is 1. The van der Waals surface area contributed by atoms with Crippen LogP contribution in [0.5, 0.6) is 5.75 Å². The van der Waals surface area contributed by atoms with Gasteiger partial charge in [-0.25, -0.2) is 21.2 Å². The molecule has 2 N–H and O–H groups in total. The zero-order valence-electron chi connectivity index (χ0n) is 23.7. The maximum atomic E-state index is 13.7. The van der Waals surface area contributed by atoms with Gasteiger partial charge >= 0.3 is 0 Å². The molecule has 1 heterocycles. The summed E-state index contributed by atoms with van der Waals surface area (Å²) in [7, 11) is -6.49. The van der Waals surface area contributed by atoms with Crippen molar-refractivity contribution in [3.8, 4) is 5.75 Å². The lowest BCUT2D eigenvalue weighted by molar-refractivity contribution is 0.0387. The van der Waals surface area contributed by atoms with Crippen LogP contribution < -0.4 is 9.46 Å². The Hall–Kier alpha value is -3.52. The van der Waals surface area contributed by atoms with Crippen LogP contribution in [0.15, 0.2) is 76.5 Å². The quantitative estimate of drug-likeness (QED) is 0.375. The van der Waals surface area contributed by atoms with Crippen LogP contribution in [0.2, 0.25) is 0 Å². The average molecular weight is 620 g/mol. The van der Waals surface area contributed by atoms with Crippen molar-refractivity contribution in [3.05, 3.63) is 83.7 Å². The molecule has 13 heteroatoms. The maximum absolute atomic E-state index is 13.7. The average Bonchev–Trinajstić information content (AvgIpc) is 2.95. The Morgan fingerprint density at radius 1 is 1.05 bits per heavy atom. The van der Waals surface area contributed by atoms with Crippen molar-refractivity contribution < 1.29 is 35.9 Å². The SMILES string of the molecule is Cc1ccc(S(=O)(=O)N(C)C[C@H]2Oc3ccc(NS(=O)(=O)c4ccc(F)cc4)cc3C(=O)N([C@@H](C)CO)C[C@@H]2C)cc1. The number of carbonyl (C=O) groups excluding carboxylic acids is 1. The molecule has 1 aliphatic rings. The number of fused-ring (bicyclic) bond motifs is 1. The Morgan fingerprint density at radius 2 is 1.67 bits per heavy atom. The second kappa shape index (κ2) is 12.4. The third-order valence-electron chi connectivity index (χ3n) is 7.21. The van der Waals surface area contributed by atoms with Gasteiger partial charge in [0.05, 0.1) is 34.5 Å². The highest BCUT2D eigenvalue weighted by atomic mass is 32.2. The minimum absolute atomic E-state index is 0.0364. The van der Waals surface area contributed by atoms with Gasteiger partial charge in [-0.2, -0.15) is 4.31 Å². The molecule has 42 heavy (non-hydrogen) atoms. The van der Waals surface area contributed by atoms with E-state index in [1.54, 1.807) is 19.1 Å². The number of halogens is 1. The molecule has 0 bridgehead atoms. The number of aliphatic hydroxyl groups excluding tert-OH is 1. The van der Waals surface area contributed by atoms with Gasteiger partial charge < -0.3 is 14.7 Å². The van der Waals surface area contributed by atoms with Gasteiger partial charge in [0.25, 0.3) is 15.9 Å². The molecule has 226 valence electrons. The molecule has 0 fully saturated rings. The van der Waals surface area contributed by atoms with Gasteiger partial charge in [0.2, 0.25) is 10.0 Å². The summed E-state index contributed by atoms with van der Waals surface area (Å²) in [5, 5.41) is 9.89. The number of aryl methyl sites for hydroxylation is 1. The molecule has 0 saturated heterocycles. The standard InChI is InChI=1S/C29H34FN3O7S2/c1-19-5-10-25(11-6-19)42(38,39)32(4)17-28-20(2)16-33(21(3)18-34)29(35)26-15-23(9-14-27(26)40-28)31-41(36,37)24-12-7-22(30)8-13-24/h5-15,20-21,28,31,34H,16-18H2,1-4H3/t20-,21-,28+/m0/s1. The summed E-state index contributed by atoms with van der Waals surface area (Å²) in [6, 6.07) is 14.4. The fourth-order valence-corrected chi connectivity index (χ4v) is 6.81. The van der Waals surface area contributed by atoms with E-state index in [0.29, 0.717) is 0 Å². The van der Waals surface area contributed by atoms with E-state index < -0.39 is 43.9 Å². The van der Waals surface area contributed by atoms with Gasteiger partial charge in [0.1, 0.15) is 17.7 Å². The van der Waals surface area contributed by atoms with E-state index in [9.17, 15) is 31.1 Å². The second-order valence-electron chi connectivity index (χ2n) is 10.5. The highest BCUT2D eigenvalue weighted by molar-refractivity contribution is 7.92. The Kier molecular flexibility index (Phi) is 9.26. The summed E-state index contributed by atoms with van der Waals surface area (Å²) in [6.07, 6.45) is -0.697. The normalized spacial score (nSPS) is 18.5. The first-order chi connectivity index (χ1) is 19.7. The Balaban J connectivity index is 1.68. The number of nitrogens with one attached hydrogen (secondary N) is 1. The Bertz CT molecular complexity index is 1650. The molecule has 10 nitrogen and oxygen atoms in total. The van der Waals surface area contributed by atoms with Crippen molar-refractivity contribution >= 4 is 31.6 Å². The molecule has 0 radical (unpaired) electrons. The number of carbonyl (C=O) groups is 1. The predicted molar refractivity (Wildman–Crippen MR) is 156 cm³/mol. The number of rotatable bonds is 9. The summed E-state index contributed by atoms with van der Waals surface area (Å²) >= 11 is 0. The highest BCUT2D eigenvalue weighted by Gasteiger charge is 2.35. The van der Waals surface area contributed by atoms with E-state index in [0.717, 1.165) is 29.8 Å². The first-order valence-corrected chi connectivity index (χ1v) is 16.2. The highest BCUT2D eigenvalue weighted by Crippen LogP contribution is 2.32. The van der Waals surface area contributed by atoms with Crippen LogP contribution >= 0.6 is 0 Å². The summed E-state index contributed by atoms with van der Waals surface area (Å²) in [4.78, 5) is 15.1. The molecule has 1 amide bonds. The summed E-state index contributed by atoms with van der Waals surface area (Å²) in [5.41, 5.74) is 1.03. The van der Waals surface area contributed by atoms with Crippen LogP contribution in [-0.4, -0.2) is 75.9 Å². The minimum Gasteiger partial charge on any atom is -0.488 e. The van der Waals surface area contributed by atoms with Gasteiger partial charge in [0.15, 0.2) is 0 Å². The fraction of sp³-hybridized carbons (Fsp3) is 0.345. The van der Waals surface area contributed by atoms with Crippen LogP contribution in [0.1, 0.15) is 29.8 Å². The minimum atomic E-state index is -4.10. The molecule has 0 unspecified atom stereocenters. The van der Waals surface area contributed by atoms with Crippen LogP contribution in [0.3, 0.4) is 0 Å². The summed E-state index contributed by atoms with van der Waals surface area (Å²) in [6.45, 7) is 5.16. The van der Waals surface area contributed by atoms with Crippen LogP contribution in [-0.2, 0) is 20.0 Å². The van der Waals surface area contributed by atoms with Gasteiger partial charge in [-0.05, 0) is 68.4 Å². The molecule has 3 aromatic rings. The molecule has 3 atom stereocenters. The zero-order valence-corrected chi connectivity index (χ0v) is 25.3. The van der Waals surface area contributed by atoms with Crippen molar-refractivity contribution in [2.45, 2.75) is 42.7 Å². The predicted octanol–water partition coefficient (Wildman–Crippen LogP) is 3.48. The molecular formula is C29H34FN3O7S2. The molecule has 0 aromatic heterocycles. The van der Waals surface area contributed by atoms with E-state index in [1.807, 2.05) is 13.8 Å². The zero-order chi connectivity index (χ0) is 30.8. The number of benzene rings is 3. The number of likely N-dealkylation sites (N-methyl/N-ethyl adjacent to an activating group) is 1. The molecule has 4 rings (SSSR count). The van der Waals surface area contributed by atoms with E-state index >= 15 is 0 Å². The second-order valence-corrected chi connectivity index (χ2v) is 14.2. The molecule has 1 aliphatic heterocycles. The summed E-state index contributed by atoms with van der Waals surface area (Å²) in [5.74, 6) is -1.28. The monoisotopic (exact) mass is 619 g/mol. The Morgan fingerprint density at radius 3 is 2.29 bits per heavy atom. The fourth-order valence-electron chi connectivity index (χ4n) is 4.57. The van der Waals surface area contributed by atoms with E-state index in [1.165, 1.54) is 46.6 Å².